The van der Waals surface area contributed by atoms with Gasteiger partial charge in [-0.25, -0.2) is 9.13 Å². The number of carboxylic acids is 1. The van der Waals surface area contributed by atoms with Gasteiger partial charge in [-0.05, 0) is 12.8 Å². The molecule has 1 fully saturated rings. The molecule has 35 heavy (non-hydrogen) atoms. The lowest BCUT2D eigenvalue weighted by atomic mass is 10.00. The molecule has 0 saturated carbocycles. The molecule has 2 amide bonds. The van der Waals surface area contributed by atoms with Crippen LogP contribution in [0.25, 0.3) is 0 Å². The van der Waals surface area contributed by atoms with Crippen LogP contribution >= 0.6 is 23.3 Å². The van der Waals surface area contributed by atoms with E-state index >= 15 is 0 Å². The molecule has 5 rings (SSSR count). The number of hydrogen-bond acceptors (Lipinski definition) is 11. The number of imidazole rings is 1. The lowest BCUT2D eigenvalue weighted by Gasteiger charge is -2.50. The number of rotatable bonds is 6. The molecule has 2 atom stereocenters. The van der Waals surface area contributed by atoms with Crippen molar-refractivity contribution in [3.8, 4) is 0 Å². The van der Waals surface area contributed by atoms with E-state index in [1.807, 2.05) is 17.9 Å². The summed E-state index contributed by atoms with van der Waals surface area (Å²) in [5.74, 6) is -2.72. The van der Waals surface area contributed by atoms with Crippen molar-refractivity contribution in [2.45, 2.75) is 43.6 Å². The van der Waals surface area contributed by atoms with E-state index in [9.17, 15) is 24.7 Å². The predicted octanol–water partition coefficient (Wildman–Crippen LogP) is -2.09. The van der Waals surface area contributed by atoms with Gasteiger partial charge in [0.1, 0.15) is 29.3 Å². The van der Waals surface area contributed by atoms with Gasteiger partial charge in [-0.1, -0.05) is 5.16 Å². The monoisotopic (exact) mass is 518 g/mol. The Morgan fingerprint density at radius 3 is 2.86 bits per heavy atom. The molecule has 3 aliphatic rings. The average Bonchev–Trinajstić information content (AvgIpc) is 3.40. The number of nitrogens with two attached hydrogens (primary N) is 1. The van der Waals surface area contributed by atoms with Crippen LogP contribution in [0.1, 0.15) is 30.1 Å². The molecule has 1 aliphatic carbocycles. The molecule has 4 heterocycles. The number of aromatic nitrogens is 4. The van der Waals surface area contributed by atoms with E-state index < -0.39 is 34.9 Å². The van der Waals surface area contributed by atoms with Crippen LogP contribution in [0, 0.1) is 0 Å². The van der Waals surface area contributed by atoms with Gasteiger partial charge in [0.05, 0.1) is 18.7 Å². The summed E-state index contributed by atoms with van der Waals surface area (Å²) in [4.78, 5) is 42.6. The number of β-lactam (4-membered cyclic amide) rings is 1. The van der Waals surface area contributed by atoms with Crippen LogP contribution in [0.3, 0.4) is 0 Å². The van der Waals surface area contributed by atoms with Gasteiger partial charge in [0.25, 0.3) is 11.8 Å². The van der Waals surface area contributed by atoms with E-state index in [4.69, 9.17) is 5.73 Å². The highest BCUT2D eigenvalue weighted by Crippen LogP contribution is 2.40. The van der Waals surface area contributed by atoms with Crippen LogP contribution < -0.4 is 20.7 Å². The highest BCUT2D eigenvalue weighted by atomic mass is 32.2. The molecule has 184 valence electrons. The third-order valence-corrected chi connectivity index (χ3v) is 8.23. The lowest BCUT2D eigenvalue weighted by Crippen LogP contribution is -2.71. The largest absolute Gasteiger partial charge is 0.543 e. The fraction of sp³-hybridized carbons (Fsp3) is 0.450. The zero-order valence-corrected chi connectivity index (χ0v) is 20.3. The molecule has 4 N–H and O–H groups in total. The zero-order valence-electron chi connectivity index (χ0n) is 18.6. The fourth-order valence-electron chi connectivity index (χ4n) is 4.78. The normalized spacial score (nSPS) is 21.9. The summed E-state index contributed by atoms with van der Waals surface area (Å²) >= 11 is 2.17. The first-order chi connectivity index (χ1) is 16.8. The van der Waals surface area contributed by atoms with Gasteiger partial charge < -0.3 is 26.2 Å². The first-order valence-corrected chi connectivity index (χ1v) is 12.7. The number of oxime groups is 1. The first-order valence-electron chi connectivity index (χ1n) is 10.9. The Labute approximate surface area is 207 Å². The molecule has 0 unspecified atom stereocenters. The van der Waals surface area contributed by atoms with Crippen molar-refractivity contribution in [2.75, 3.05) is 11.5 Å². The molecule has 2 aliphatic heterocycles. The summed E-state index contributed by atoms with van der Waals surface area (Å²) in [6.07, 6.45) is 6.07. The Morgan fingerprint density at radius 2 is 2.17 bits per heavy atom. The minimum absolute atomic E-state index is 0.0801. The Balaban J connectivity index is 1.36. The van der Waals surface area contributed by atoms with Crippen molar-refractivity contribution in [3.05, 3.63) is 34.8 Å². The van der Waals surface area contributed by atoms with Crippen LogP contribution in [0.15, 0.2) is 22.8 Å². The van der Waals surface area contributed by atoms with Crippen LogP contribution in [0.5, 0.6) is 0 Å². The SMILES string of the molecule is C[n+]1cn(CC2=C(C(=O)[O-])N3C(=O)[C@@H](NC(=O)/C(=N\O)c4nsc(N)n4)[C@H]3SC2)c2c1CCCC2. The van der Waals surface area contributed by atoms with Gasteiger partial charge in [0.15, 0.2) is 5.13 Å². The maximum absolute atomic E-state index is 12.9. The number of aryl methyl sites for hydroxylation is 1. The van der Waals surface area contributed by atoms with Gasteiger partial charge in [-0.3, -0.25) is 14.5 Å². The molecule has 1 saturated heterocycles. The number of nitrogen functional groups attached to an aromatic ring is 1. The number of carbonyl (C=O) groups excluding carboxylic acids is 3. The van der Waals surface area contributed by atoms with Crippen LogP contribution in [0.2, 0.25) is 0 Å². The molecular formula is C20H22N8O5S2. The molecule has 2 aromatic heterocycles. The number of hydrogen-bond donors (Lipinski definition) is 3. The number of carboxylic acid groups (broad SMARTS) is 1. The molecule has 13 nitrogen and oxygen atoms in total. The van der Waals surface area contributed by atoms with Crippen molar-refractivity contribution in [2.24, 2.45) is 12.2 Å². The number of carbonyl (C=O) groups is 3. The van der Waals surface area contributed by atoms with E-state index in [0.29, 0.717) is 17.9 Å². The quantitative estimate of drug-likeness (QED) is 0.127. The topological polar surface area (TPSA) is 183 Å². The molecule has 15 heteroatoms. The zero-order chi connectivity index (χ0) is 24.9. The Kier molecular flexibility index (Phi) is 5.96. The smallest absolute Gasteiger partial charge is 0.278 e. The van der Waals surface area contributed by atoms with Crippen molar-refractivity contribution < 1.29 is 29.3 Å². The standard InChI is InChI=1S/C20H22N8O5S2/c1-26-8-27(11-5-3-2-4-10(11)26)6-9-7-34-18-13(17(30)28(18)14(9)19(31)32)22-16(29)12(24-33)15-23-20(21)35-25-15/h8,13,18H,2-7H2,1H3,(H4-,21,22,23,25,29,31,32,33)/t13-,18-/m1/s1. The number of nitrogens with one attached hydrogen (secondary N) is 1. The summed E-state index contributed by atoms with van der Waals surface area (Å²) < 4.78 is 7.95. The molecule has 0 radical (unpaired) electrons. The van der Waals surface area contributed by atoms with Crippen molar-refractivity contribution in [1.82, 2.24) is 24.1 Å². The maximum atomic E-state index is 12.9. The predicted molar refractivity (Wildman–Crippen MR) is 122 cm³/mol. The summed E-state index contributed by atoms with van der Waals surface area (Å²) in [5, 5.41) is 26.2. The number of amides is 2. The van der Waals surface area contributed by atoms with Gasteiger partial charge >= 0.3 is 0 Å². The molecular weight excluding hydrogens is 496 g/mol. The minimum atomic E-state index is -1.44. The average molecular weight is 519 g/mol. The number of nitrogens with zero attached hydrogens (tertiary/aromatic N) is 6. The molecule has 0 spiro atoms. The van der Waals surface area contributed by atoms with E-state index in [0.717, 1.165) is 42.1 Å². The summed E-state index contributed by atoms with van der Waals surface area (Å²) in [6.45, 7) is 0.339. The van der Waals surface area contributed by atoms with Gasteiger partial charge in [-0.15, -0.1) is 11.8 Å². The Morgan fingerprint density at radius 1 is 1.40 bits per heavy atom. The van der Waals surface area contributed by atoms with Crippen LogP contribution in [-0.2, 0) is 40.8 Å². The number of anilines is 1. The first kappa shape index (κ1) is 23.3. The Bertz CT molecular complexity index is 1300. The van der Waals surface area contributed by atoms with Crippen LogP contribution in [-0.4, -0.2) is 64.7 Å². The second kappa shape index (κ2) is 8.96. The van der Waals surface area contributed by atoms with Crippen molar-refractivity contribution in [1.29, 1.82) is 0 Å². The fourth-order valence-corrected chi connectivity index (χ4v) is 6.55. The van der Waals surface area contributed by atoms with E-state index in [1.54, 1.807) is 0 Å². The summed E-state index contributed by atoms with van der Waals surface area (Å²) in [7, 11) is 1.98. The summed E-state index contributed by atoms with van der Waals surface area (Å²) in [6, 6.07) is -1.01. The van der Waals surface area contributed by atoms with Gasteiger partial charge in [0, 0.05) is 35.7 Å². The molecule has 0 bridgehead atoms. The van der Waals surface area contributed by atoms with E-state index in [-0.39, 0.29) is 16.7 Å². The highest BCUT2D eigenvalue weighted by Gasteiger charge is 2.53. The van der Waals surface area contributed by atoms with Gasteiger partial charge in [0.2, 0.25) is 17.9 Å². The number of fused-ring (bicyclic) bond motifs is 2. The maximum Gasteiger partial charge on any atom is 0.278 e. The van der Waals surface area contributed by atoms with Gasteiger partial charge in [-0.2, -0.15) is 9.36 Å². The van der Waals surface area contributed by atoms with Crippen molar-refractivity contribution >= 4 is 51.9 Å². The highest BCUT2D eigenvalue weighted by molar-refractivity contribution is 8.00. The second-order valence-corrected chi connectivity index (χ2v) is 10.3. The molecule has 2 aromatic rings. The van der Waals surface area contributed by atoms with Crippen molar-refractivity contribution in [3.63, 3.8) is 0 Å². The van der Waals surface area contributed by atoms with E-state index in [1.165, 1.54) is 23.1 Å². The van der Waals surface area contributed by atoms with E-state index in [2.05, 4.69) is 24.4 Å². The third kappa shape index (κ3) is 3.93. The number of aliphatic carboxylic acids is 1. The molecule has 0 aromatic carbocycles. The number of thioether (sulfide) groups is 1. The van der Waals surface area contributed by atoms with Crippen LogP contribution in [0.4, 0.5) is 5.13 Å². The lowest BCUT2D eigenvalue weighted by molar-refractivity contribution is -0.678. The summed E-state index contributed by atoms with van der Waals surface area (Å²) in [5.41, 5.74) is 7.87. The second-order valence-electron chi connectivity index (χ2n) is 8.46. The minimum Gasteiger partial charge on any atom is -0.543 e. The Hall–Kier alpha value is -3.46. The third-order valence-electron chi connectivity index (χ3n) is 6.35.